The maximum absolute atomic E-state index is 12.2. The van der Waals surface area contributed by atoms with E-state index in [4.69, 9.17) is 14.7 Å². The molecule has 1 atom stereocenters. The number of benzene rings is 2. The van der Waals surface area contributed by atoms with E-state index >= 15 is 0 Å². The molecule has 1 amide bonds. The lowest BCUT2D eigenvalue weighted by molar-refractivity contribution is -0.129. The van der Waals surface area contributed by atoms with E-state index in [1.165, 1.54) is 11.3 Å². The van der Waals surface area contributed by atoms with Crippen molar-refractivity contribution in [1.82, 2.24) is 15.7 Å². The fraction of sp³-hybridized carbons (Fsp3) is 0.118. The molecule has 1 aromatic heterocycles. The number of ether oxygens (including phenoxy) is 2. The van der Waals surface area contributed by atoms with Crippen molar-refractivity contribution in [2.75, 3.05) is 6.79 Å². The van der Waals surface area contributed by atoms with Crippen molar-refractivity contribution in [3.63, 3.8) is 0 Å². The SMILES string of the molecule is O=C(NO)C(c1ccccc1)c1nnc(-c2ccc3c(c2)OCO3)s1. The van der Waals surface area contributed by atoms with Gasteiger partial charge in [-0.1, -0.05) is 41.7 Å². The van der Waals surface area contributed by atoms with Crippen LogP contribution in [-0.2, 0) is 4.79 Å². The predicted octanol–water partition coefficient (Wildman–Crippen LogP) is 2.57. The Morgan fingerprint density at radius 1 is 1.12 bits per heavy atom. The lowest BCUT2D eigenvalue weighted by atomic mass is 9.99. The molecule has 1 aliphatic heterocycles. The van der Waals surface area contributed by atoms with Crippen molar-refractivity contribution in [2.24, 2.45) is 0 Å². The van der Waals surface area contributed by atoms with E-state index in [0.717, 1.165) is 11.1 Å². The van der Waals surface area contributed by atoms with Crippen molar-refractivity contribution in [3.05, 3.63) is 59.1 Å². The monoisotopic (exact) mass is 355 g/mol. The molecule has 2 heterocycles. The van der Waals surface area contributed by atoms with E-state index in [-0.39, 0.29) is 6.79 Å². The summed E-state index contributed by atoms with van der Waals surface area (Å²) in [6, 6.07) is 14.6. The van der Waals surface area contributed by atoms with Crippen LogP contribution in [0.15, 0.2) is 48.5 Å². The van der Waals surface area contributed by atoms with E-state index in [1.807, 2.05) is 48.5 Å². The molecule has 25 heavy (non-hydrogen) atoms. The second kappa shape index (κ2) is 6.50. The Labute approximate surface area is 146 Å². The zero-order valence-electron chi connectivity index (χ0n) is 12.9. The average Bonchev–Trinajstić information content (AvgIpc) is 3.31. The number of carbonyl (C=O) groups excluding carboxylic acids is 1. The van der Waals surface area contributed by atoms with Crippen molar-refractivity contribution >= 4 is 17.2 Å². The Balaban J connectivity index is 1.70. The summed E-state index contributed by atoms with van der Waals surface area (Å²) in [5.41, 5.74) is 3.26. The fourth-order valence-electron chi connectivity index (χ4n) is 2.61. The Morgan fingerprint density at radius 3 is 2.72 bits per heavy atom. The molecule has 1 unspecified atom stereocenters. The first-order valence-corrected chi connectivity index (χ1v) is 8.30. The number of nitrogens with zero attached hydrogens (tertiary/aromatic N) is 2. The number of hydrogen-bond acceptors (Lipinski definition) is 7. The molecule has 2 N–H and O–H groups in total. The number of amides is 1. The molecule has 0 saturated heterocycles. The summed E-state index contributed by atoms with van der Waals surface area (Å²) in [7, 11) is 0. The summed E-state index contributed by atoms with van der Waals surface area (Å²) in [5.74, 6) is 0.0586. The number of hydroxylamine groups is 1. The van der Waals surface area contributed by atoms with Gasteiger partial charge in [0.05, 0.1) is 0 Å². The van der Waals surface area contributed by atoms with Gasteiger partial charge in [-0.2, -0.15) is 0 Å². The van der Waals surface area contributed by atoms with E-state index in [1.54, 1.807) is 5.48 Å². The fourth-order valence-corrected chi connectivity index (χ4v) is 3.58. The third-order valence-corrected chi connectivity index (χ3v) is 4.85. The second-order valence-electron chi connectivity index (χ2n) is 5.33. The highest BCUT2D eigenvalue weighted by Gasteiger charge is 2.27. The Hall–Kier alpha value is -2.97. The van der Waals surface area contributed by atoms with Crippen LogP contribution in [0.2, 0.25) is 0 Å². The zero-order valence-corrected chi connectivity index (χ0v) is 13.7. The molecule has 2 aromatic carbocycles. The van der Waals surface area contributed by atoms with Crippen LogP contribution in [0.1, 0.15) is 16.5 Å². The number of fused-ring (bicyclic) bond motifs is 1. The number of carbonyl (C=O) groups is 1. The van der Waals surface area contributed by atoms with Crippen LogP contribution in [0, 0.1) is 0 Å². The molecule has 8 heteroatoms. The summed E-state index contributed by atoms with van der Waals surface area (Å²) in [6.45, 7) is 0.201. The maximum Gasteiger partial charge on any atom is 0.257 e. The number of rotatable bonds is 4. The third kappa shape index (κ3) is 2.92. The highest BCUT2D eigenvalue weighted by Crippen LogP contribution is 2.38. The van der Waals surface area contributed by atoms with Gasteiger partial charge in [0, 0.05) is 5.56 Å². The van der Waals surface area contributed by atoms with Crippen molar-refractivity contribution in [3.8, 4) is 22.1 Å². The quantitative estimate of drug-likeness (QED) is 0.552. The van der Waals surface area contributed by atoms with Gasteiger partial charge in [-0.25, -0.2) is 5.48 Å². The zero-order chi connectivity index (χ0) is 17.2. The van der Waals surface area contributed by atoms with E-state index in [2.05, 4.69) is 10.2 Å². The lowest BCUT2D eigenvalue weighted by Crippen LogP contribution is -2.27. The summed E-state index contributed by atoms with van der Waals surface area (Å²) < 4.78 is 10.7. The highest BCUT2D eigenvalue weighted by molar-refractivity contribution is 7.14. The smallest absolute Gasteiger partial charge is 0.257 e. The molecule has 0 bridgehead atoms. The van der Waals surface area contributed by atoms with Gasteiger partial charge in [0.2, 0.25) is 6.79 Å². The first kappa shape index (κ1) is 15.6. The summed E-state index contributed by atoms with van der Waals surface area (Å²) in [6.07, 6.45) is 0. The molecule has 1 aliphatic rings. The topological polar surface area (TPSA) is 93.6 Å². The molecule has 126 valence electrons. The Bertz CT molecular complexity index is 913. The minimum atomic E-state index is -0.730. The normalized spacial score (nSPS) is 13.5. The van der Waals surface area contributed by atoms with Crippen molar-refractivity contribution in [2.45, 2.75) is 5.92 Å². The van der Waals surface area contributed by atoms with Crippen LogP contribution in [0.4, 0.5) is 0 Å². The first-order valence-electron chi connectivity index (χ1n) is 7.48. The molecule has 7 nitrogen and oxygen atoms in total. The van der Waals surface area contributed by atoms with E-state index in [0.29, 0.717) is 21.5 Å². The molecule has 3 aromatic rings. The Kier molecular flexibility index (Phi) is 4.04. The minimum absolute atomic E-state index is 0.201. The molecule has 4 rings (SSSR count). The molecule has 0 radical (unpaired) electrons. The van der Waals surface area contributed by atoms with Gasteiger partial charge >= 0.3 is 0 Å². The maximum atomic E-state index is 12.2. The van der Waals surface area contributed by atoms with Crippen LogP contribution >= 0.6 is 11.3 Å². The Morgan fingerprint density at radius 2 is 1.92 bits per heavy atom. The average molecular weight is 355 g/mol. The molecule has 0 aliphatic carbocycles. The molecular formula is C17H13N3O4S. The van der Waals surface area contributed by atoms with Crippen LogP contribution < -0.4 is 15.0 Å². The summed E-state index contributed by atoms with van der Waals surface area (Å²) >= 11 is 1.29. The van der Waals surface area contributed by atoms with Crippen molar-refractivity contribution in [1.29, 1.82) is 0 Å². The first-order chi connectivity index (χ1) is 12.3. The number of nitrogens with one attached hydrogen (secondary N) is 1. The van der Waals surface area contributed by atoms with Gasteiger partial charge < -0.3 is 9.47 Å². The molecule has 0 saturated carbocycles. The van der Waals surface area contributed by atoms with Crippen LogP contribution in [0.3, 0.4) is 0 Å². The third-order valence-electron chi connectivity index (χ3n) is 3.81. The van der Waals surface area contributed by atoms with E-state index < -0.39 is 11.8 Å². The van der Waals surface area contributed by atoms with E-state index in [9.17, 15) is 4.79 Å². The minimum Gasteiger partial charge on any atom is -0.454 e. The molecule has 0 fully saturated rings. The lowest BCUT2D eigenvalue weighted by Gasteiger charge is -2.11. The van der Waals surface area contributed by atoms with Crippen LogP contribution in [0.5, 0.6) is 11.5 Å². The predicted molar refractivity (Wildman–Crippen MR) is 89.7 cm³/mol. The highest BCUT2D eigenvalue weighted by atomic mass is 32.1. The number of hydrogen-bond donors (Lipinski definition) is 2. The molecular weight excluding hydrogens is 342 g/mol. The van der Waals surface area contributed by atoms with Crippen LogP contribution in [-0.4, -0.2) is 28.1 Å². The standard InChI is InChI=1S/C17H13N3O4S/c21-15(20-22)14(10-4-2-1-3-5-10)17-19-18-16(25-17)11-6-7-12-13(8-11)24-9-23-12/h1-8,14,22H,9H2,(H,20,21). The van der Waals surface area contributed by atoms with Gasteiger partial charge in [-0.05, 0) is 23.8 Å². The summed E-state index contributed by atoms with van der Waals surface area (Å²) in [4.78, 5) is 12.2. The van der Waals surface area contributed by atoms with Gasteiger partial charge in [-0.3, -0.25) is 10.0 Å². The van der Waals surface area contributed by atoms with Crippen molar-refractivity contribution < 1.29 is 19.5 Å². The largest absolute Gasteiger partial charge is 0.454 e. The molecule has 0 spiro atoms. The number of aromatic nitrogens is 2. The second-order valence-corrected chi connectivity index (χ2v) is 6.34. The van der Waals surface area contributed by atoms with Gasteiger partial charge in [0.15, 0.2) is 11.5 Å². The van der Waals surface area contributed by atoms with Gasteiger partial charge in [-0.15, -0.1) is 10.2 Å². The summed E-state index contributed by atoms with van der Waals surface area (Å²) in [5, 5.41) is 18.6. The van der Waals surface area contributed by atoms with Crippen LogP contribution in [0.25, 0.3) is 10.6 Å². The van der Waals surface area contributed by atoms with Gasteiger partial charge in [0.1, 0.15) is 15.9 Å². The van der Waals surface area contributed by atoms with Gasteiger partial charge in [0.25, 0.3) is 5.91 Å².